The Morgan fingerprint density at radius 3 is 3.00 bits per heavy atom. The second-order valence-corrected chi connectivity index (χ2v) is 5.60. The van der Waals surface area contributed by atoms with Crippen molar-refractivity contribution in [3.63, 3.8) is 0 Å². The summed E-state index contributed by atoms with van der Waals surface area (Å²) in [5.41, 5.74) is 0. The van der Waals surface area contributed by atoms with E-state index in [9.17, 15) is 0 Å². The molecule has 2 rings (SSSR count). The van der Waals surface area contributed by atoms with E-state index in [4.69, 9.17) is 0 Å². The van der Waals surface area contributed by atoms with Gasteiger partial charge in [-0.1, -0.05) is 23.1 Å². The molecule has 4 nitrogen and oxygen atoms in total. The lowest BCUT2D eigenvalue weighted by atomic mass is 10.4. The Labute approximate surface area is 103 Å². The zero-order valence-electron chi connectivity index (χ0n) is 9.10. The molecule has 0 aliphatic heterocycles. The van der Waals surface area contributed by atoms with Gasteiger partial charge in [0, 0.05) is 17.6 Å². The zero-order chi connectivity index (χ0) is 11.4. The lowest BCUT2D eigenvalue weighted by molar-refractivity contribution is 0.983. The maximum atomic E-state index is 4.22. The number of aromatic nitrogens is 3. The number of anilines is 1. The largest absolute Gasteiger partial charge is 0.370 e. The summed E-state index contributed by atoms with van der Waals surface area (Å²) in [4.78, 5) is 5.35. The van der Waals surface area contributed by atoms with Crippen LogP contribution in [0.25, 0.3) is 0 Å². The van der Waals surface area contributed by atoms with Gasteiger partial charge in [0.25, 0.3) is 0 Å². The minimum atomic E-state index is 0.874. The van der Waals surface area contributed by atoms with E-state index in [0.29, 0.717) is 0 Å². The van der Waals surface area contributed by atoms with Crippen LogP contribution in [0.2, 0.25) is 0 Å². The highest BCUT2D eigenvalue weighted by atomic mass is 32.2. The van der Waals surface area contributed by atoms with Crippen LogP contribution < -0.4 is 5.32 Å². The average molecular weight is 252 g/mol. The molecule has 0 saturated carbocycles. The van der Waals surface area contributed by atoms with Gasteiger partial charge in [-0.2, -0.15) is 0 Å². The second kappa shape index (κ2) is 5.27. The fourth-order valence-electron chi connectivity index (χ4n) is 1.17. The maximum absolute atomic E-state index is 4.22. The topological polar surface area (TPSA) is 50.7 Å². The molecule has 0 unspecified atom stereocenters. The van der Waals surface area contributed by atoms with Crippen LogP contribution in [0.1, 0.15) is 11.9 Å². The Morgan fingerprint density at radius 2 is 2.31 bits per heavy atom. The van der Waals surface area contributed by atoms with Crippen LogP contribution in [0, 0.1) is 6.92 Å². The number of nitrogens with one attached hydrogen (secondary N) is 1. The summed E-state index contributed by atoms with van der Waals surface area (Å²) in [7, 11) is 0. The second-order valence-electron chi connectivity index (χ2n) is 3.10. The molecule has 0 aromatic carbocycles. The summed E-state index contributed by atoms with van der Waals surface area (Å²) < 4.78 is 0.964. The first kappa shape index (κ1) is 11.3. The molecule has 0 radical (unpaired) electrons. The average Bonchev–Trinajstić information content (AvgIpc) is 2.65. The molecule has 0 atom stereocenters. The molecule has 0 aliphatic carbocycles. The summed E-state index contributed by atoms with van der Waals surface area (Å²) in [6.07, 6.45) is 1.80. The van der Waals surface area contributed by atoms with Gasteiger partial charge < -0.3 is 5.32 Å². The minimum Gasteiger partial charge on any atom is -0.370 e. The van der Waals surface area contributed by atoms with Gasteiger partial charge in [0.05, 0.1) is 0 Å². The summed E-state index contributed by atoms with van der Waals surface area (Å²) in [6.45, 7) is 4.88. The monoisotopic (exact) mass is 252 g/mol. The van der Waals surface area contributed by atoms with Gasteiger partial charge in [-0.15, -0.1) is 10.2 Å². The Morgan fingerprint density at radius 1 is 1.44 bits per heavy atom. The minimum absolute atomic E-state index is 0.874. The number of rotatable bonds is 4. The highest BCUT2D eigenvalue weighted by Gasteiger charge is 2.04. The molecule has 0 aliphatic rings. The molecule has 0 saturated heterocycles. The lowest BCUT2D eigenvalue weighted by Crippen LogP contribution is -1.98. The van der Waals surface area contributed by atoms with Crippen LogP contribution in [0.15, 0.2) is 27.6 Å². The third-order valence-corrected chi connectivity index (χ3v) is 3.68. The summed E-state index contributed by atoms with van der Waals surface area (Å²) >= 11 is 3.22. The fourth-order valence-corrected chi connectivity index (χ4v) is 2.99. The van der Waals surface area contributed by atoms with Crippen molar-refractivity contribution in [2.75, 3.05) is 11.9 Å². The van der Waals surface area contributed by atoms with E-state index in [1.54, 1.807) is 29.3 Å². The molecule has 6 heteroatoms. The van der Waals surface area contributed by atoms with Gasteiger partial charge in [-0.25, -0.2) is 4.98 Å². The van der Waals surface area contributed by atoms with Crippen LogP contribution in [-0.4, -0.2) is 21.7 Å². The van der Waals surface area contributed by atoms with E-state index >= 15 is 0 Å². The van der Waals surface area contributed by atoms with Gasteiger partial charge >= 0.3 is 0 Å². The number of pyridine rings is 1. The molecule has 2 aromatic heterocycles. The predicted octanol–water partition coefficient (Wildman–Crippen LogP) is 2.82. The van der Waals surface area contributed by atoms with Crippen molar-refractivity contribution in [1.29, 1.82) is 0 Å². The van der Waals surface area contributed by atoms with Crippen molar-refractivity contribution in [1.82, 2.24) is 15.2 Å². The maximum Gasteiger partial charge on any atom is 0.179 e. The summed E-state index contributed by atoms with van der Waals surface area (Å²) in [6, 6.07) is 3.99. The lowest BCUT2D eigenvalue weighted by Gasteiger charge is -2.03. The molecule has 84 valence electrons. The van der Waals surface area contributed by atoms with Gasteiger partial charge in [0.1, 0.15) is 10.8 Å². The zero-order valence-corrected chi connectivity index (χ0v) is 10.7. The third kappa shape index (κ3) is 2.93. The summed E-state index contributed by atoms with van der Waals surface area (Å²) in [5.74, 6) is 0.897. The highest BCUT2D eigenvalue weighted by molar-refractivity contribution is 8.01. The van der Waals surface area contributed by atoms with E-state index < -0.39 is 0 Å². The van der Waals surface area contributed by atoms with Crippen molar-refractivity contribution in [3.05, 3.63) is 23.3 Å². The molecular formula is C10H12N4S2. The molecule has 0 bridgehead atoms. The smallest absolute Gasteiger partial charge is 0.179 e. The Kier molecular flexibility index (Phi) is 3.74. The molecule has 16 heavy (non-hydrogen) atoms. The van der Waals surface area contributed by atoms with Crippen molar-refractivity contribution in [2.45, 2.75) is 23.1 Å². The van der Waals surface area contributed by atoms with E-state index in [0.717, 1.165) is 26.6 Å². The van der Waals surface area contributed by atoms with Crippen LogP contribution >= 0.6 is 23.1 Å². The molecule has 2 aromatic rings. The quantitative estimate of drug-likeness (QED) is 0.906. The highest BCUT2D eigenvalue weighted by Crippen LogP contribution is 2.30. The number of hydrogen-bond acceptors (Lipinski definition) is 6. The Bertz CT molecular complexity index is 469. The molecular weight excluding hydrogens is 240 g/mol. The third-order valence-electron chi connectivity index (χ3n) is 1.80. The number of hydrogen-bond donors (Lipinski definition) is 1. The molecule has 0 fully saturated rings. The van der Waals surface area contributed by atoms with Gasteiger partial charge in [-0.05, 0) is 26.0 Å². The first-order chi connectivity index (χ1) is 7.78. The van der Waals surface area contributed by atoms with Crippen molar-refractivity contribution < 1.29 is 0 Å². The SMILES string of the molecule is CCNc1cc(Sc2nnc(C)s2)ccn1. The predicted molar refractivity (Wildman–Crippen MR) is 67.2 cm³/mol. The van der Waals surface area contributed by atoms with E-state index in [1.165, 1.54) is 0 Å². The normalized spacial score (nSPS) is 10.4. The summed E-state index contributed by atoms with van der Waals surface area (Å²) in [5, 5.41) is 12.2. The van der Waals surface area contributed by atoms with Crippen molar-refractivity contribution >= 4 is 28.9 Å². The van der Waals surface area contributed by atoms with E-state index in [1.807, 2.05) is 19.1 Å². The van der Waals surface area contributed by atoms with Crippen molar-refractivity contribution in [2.24, 2.45) is 0 Å². The molecule has 0 spiro atoms. The van der Waals surface area contributed by atoms with Gasteiger partial charge in [0.15, 0.2) is 4.34 Å². The first-order valence-electron chi connectivity index (χ1n) is 4.96. The van der Waals surface area contributed by atoms with Crippen LogP contribution in [0.5, 0.6) is 0 Å². The van der Waals surface area contributed by atoms with E-state index in [2.05, 4.69) is 27.4 Å². The number of aryl methyl sites for hydroxylation is 1. The molecule has 0 amide bonds. The van der Waals surface area contributed by atoms with Crippen molar-refractivity contribution in [3.8, 4) is 0 Å². The van der Waals surface area contributed by atoms with Crippen LogP contribution in [0.4, 0.5) is 5.82 Å². The Hall–Kier alpha value is -1.14. The first-order valence-corrected chi connectivity index (χ1v) is 6.59. The van der Waals surface area contributed by atoms with E-state index in [-0.39, 0.29) is 0 Å². The standard InChI is InChI=1S/C10H12N4S2/c1-3-11-9-6-8(4-5-12-9)16-10-14-13-7(2)15-10/h4-6H,3H2,1-2H3,(H,11,12). The molecule has 1 N–H and O–H groups in total. The Balaban J connectivity index is 2.12. The molecule has 2 heterocycles. The van der Waals surface area contributed by atoms with Gasteiger partial charge in [-0.3, -0.25) is 0 Å². The van der Waals surface area contributed by atoms with Gasteiger partial charge in [0.2, 0.25) is 0 Å². The number of nitrogens with zero attached hydrogens (tertiary/aromatic N) is 3. The van der Waals surface area contributed by atoms with Crippen LogP contribution in [-0.2, 0) is 0 Å². The van der Waals surface area contributed by atoms with Crippen LogP contribution in [0.3, 0.4) is 0 Å². The fraction of sp³-hybridized carbons (Fsp3) is 0.300.